The fourth-order valence-corrected chi connectivity index (χ4v) is 4.48. The topological polar surface area (TPSA) is 29.3 Å². The van der Waals surface area contributed by atoms with Gasteiger partial charge in [0.2, 0.25) is 0 Å². The molecule has 3 heteroatoms. The van der Waals surface area contributed by atoms with Crippen molar-refractivity contribution in [3.05, 3.63) is 0 Å². The Morgan fingerprint density at radius 1 is 1.22 bits per heavy atom. The standard InChI is InChI=1S/C15H30N2S/c1-12-14(16)6-5-13(15(12,2)3)11-17-7-4-9-18-10-8-17/h12-14H,4-11,16H2,1-3H3. The molecule has 1 aliphatic heterocycles. The van der Waals surface area contributed by atoms with E-state index in [-0.39, 0.29) is 0 Å². The van der Waals surface area contributed by atoms with Crippen LogP contribution in [0, 0.1) is 17.3 Å². The van der Waals surface area contributed by atoms with Crippen molar-refractivity contribution in [1.82, 2.24) is 4.90 Å². The lowest BCUT2D eigenvalue weighted by Gasteiger charge is -2.48. The fourth-order valence-electron chi connectivity index (χ4n) is 3.56. The van der Waals surface area contributed by atoms with Gasteiger partial charge in [-0.3, -0.25) is 0 Å². The molecule has 1 saturated carbocycles. The summed E-state index contributed by atoms with van der Waals surface area (Å²) in [5.41, 5.74) is 6.66. The second-order valence-electron chi connectivity index (χ2n) is 6.81. The zero-order chi connectivity index (χ0) is 13.2. The molecule has 2 N–H and O–H groups in total. The molecule has 0 amide bonds. The van der Waals surface area contributed by atoms with Crippen LogP contribution in [0.3, 0.4) is 0 Å². The number of hydrogen-bond donors (Lipinski definition) is 1. The van der Waals surface area contributed by atoms with Crippen molar-refractivity contribution in [2.45, 2.75) is 46.1 Å². The van der Waals surface area contributed by atoms with Crippen LogP contribution in [0.5, 0.6) is 0 Å². The van der Waals surface area contributed by atoms with E-state index in [2.05, 4.69) is 37.4 Å². The number of nitrogens with two attached hydrogens (primary N) is 1. The average Bonchev–Trinajstić information content (AvgIpc) is 2.59. The minimum absolute atomic E-state index is 0.400. The van der Waals surface area contributed by atoms with Crippen LogP contribution in [0.25, 0.3) is 0 Å². The molecule has 0 spiro atoms. The second-order valence-corrected chi connectivity index (χ2v) is 8.04. The summed E-state index contributed by atoms with van der Waals surface area (Å²) in [7, 11) is 0. The Morgan fingerprint density at radius 3 is 2.78 bits per heavy atom. The van der Waals surface area contributed by atoms with Crippen molar-refractivity contribution < 1.29 is 0 Å². The molecule has 2 aliphatic rings. The normalized spacial score (nSPS) is 38.3. The minimum Gasteiger partial charge on any atom is -0.327 e. The Hall–Kier alpha value is 0.270. The smallest absolute Gasteiger partial charge is 0.00725 e. The van der Waals surface area contributed by atoms with E-state index < -0.39 is 0 Å². The highest BCUT2D eigenvalue weighted by molar-refractivity contribution is 7.99. The largest absolute Gasteiger partial charge is 0.327 e. The Kier molecular flexibility index (Phi) is 5.01. The number of hydrogen-bond acceptors (Lipinski definition) is 3. The molecule has 2 fully saturated rings. The van der Waals surface area contributed by atoms with E-state index >= 15 is 0 Å². The lowest BCUT2D eigenvalue weighted by atomic mass is 9.61. The quantitative estimate of drug-likeness (QED) is 0.836. The third-order valence-electron chi connectivity index (χ3n) is 5.51. The van der Waals surface area contributed by atoms with Crippen molar-refractivity contribution in [3.8, 4) is 0 Å². The van der Waals surface area contributed by atoms with E-state index in [1.807, 2.05) is 0 Å². The first-order chi connectivity index (χ1) is 8.51. The van der Waals surface area contributed by atoms with Crippen LogP contribution in [-0.2, 0) is 0 Å². The van der Waals surface area contributed by atoms with Gasteiger partial charge in [0.1, 0.15) is 0 Å². The second kappa shape index (κ2) is 6.15. The van der Waals surface area contributed by atoms with Crippen LogP contribution in [-0.4, -0.2) is 42.1 Å². The van der Waals surface area contributed by atoms with Gasteiger partial charge in [0.25, 0.3) is 0 Å². The summed E-state index contributed by atoms with van der Waals surface area (Å²) < 4.78 is 0. The number of thioether (sulfide) groups is 1. The molecule has 2 rings (SSSR count). The highest BCUT2D eigenvalue weighted by Crippen LogP contribution is 2.44. The summed E-state index contributed by atoms with van der Waals surface area (Å²) in [6.07, 6.45) is 3.91. The van der Waals surface area contributed by atoms with E-state index in [1.54, 1.807) is 0 Å². The first kappa shape index (κ1) is 14.7. The lowest BCUT2D eigenvalue weighted by molar-refractivity contribution is 0.0302. The van der Waals surface area contributed by atoms with Crippen LogP contribution < -0.4 is 5.73 Å². The summed E-state index contributed by atoms with van der Waals surface area (Å²) >= 11 is 2.12. The third kappa shape index (κ3) is 3.23. The average molecular weight is 270 g/mol. The van der Waals surface area contributed by atoms with Crippen molar-refractivity contribution in [3.63, 3.8) is 0 Å². The zero-order valence-corrected chi connectivity index (χ0v) is 13.1. The molecule has 18 heavy (non-hydrogen) atoms. The van der Waals surface area contributed by atoms with Crippen LogP contribution in [0.4, 0.5) is 0 Å². The maximum Gasteiger partial charge on any atom is 0.00725 e. The van der Waals surface area contributed by atoms with Crippen molar-refractivity contribution >= 4 is 11.8 Å². The first-order valence-corrected chi connectivity index (χ1v) is 8.73. The van der Waals surface area contributed by atoms with Crippen molar-refractivity contribution in [2.75, 3.05) is 31.1 Å². The Bertz CT molecular complexity index is 259. The van der Waals surface area contributed by atoms with E-state index in [1.165, 1.54) is 50.4 Å². The summed E-state index contributed by atoms with van der Waals surface area (Å²) in [4.78, 5) is 2.70. The molecule has 1 saturated heterocycles. The molecular formula is C15H30N2S. The van der Waals surface area contributed by atoms with Gasteiger partial charge in [0.15, 0.2) is 0 Å². The van der Waals surface area contributed by atoms with Crippen LogP contribution >= 0.6 is 11.8 Å². The molecule has 0 bridgehead atoms. The minimum atomic E-state index is 0.400. The molecule has 1 aliphatic carbocycles. The van der Waals surface area contributed by atoms with Gasteiger partial charge in [-0.15, -0.1) is 0 Å². The molecule has 106 valence electrons. The summed E-state index contributed by atoms with van der Waals surface area (Å²) in [5.74, 6) is 4.15. The fraction of sp³-hybridized carbons (Fsp3) is 1.00. The van der Waals surface area contributed by atoms with E-state index in [9.17, 15) is 0 Å². The van der Waals surface area contributed by atoms with Crippen molar-refractivity contribution in [2.24, 2.45) is 23.0 Å². The Labute approximate surface area is 117 Å². The van der Waals surface area contributed by atoms with E-state index in [0.717, 1.165) is 5.92 Å². The SMILES string of the molecule is CC1C(N)CCC(CN2CCCSCC2)C1(C)C. The molecule has 0 radical (unpaired) electrons. The summed E-state index contributed by atoms with van der Waals surface area (Å²) in [6, 6.07) is 0.413. The maximum absolute atomic E-state index is 6.26. The van der Waals surface area contributed by atoms with Gasteiger partial charge in [0, 0.05) is 24.9 Å². The van der Waals surface area contributed by atoms with Crippen LogP contribution in [0.15, 0.2) is 0 Å². The predicted octanol–water partition coefficient (Wildman–Crippen LogP) is 2.82. The van der Waals surface area contributed by atoms with E-state index in [4.69, 9.17) is 5.73 Å². The molecule has 1 heterocycles. The van der Waals surface area contributed by atoms with Gasteiger partial charge in [-0.25, -0.2) is 0 Å². The molecule has 3 atom stereocenters. The maximum atomic E-state index is 6.26. The monoisotopic (exact) mass is 270 g/mol. The van der Waals surface area contributed by atoms with Gasteiger partial charge in [-0.1, -0.05) is 20.8 Å². The predicted molar refractivity (Wildman–Crippen MR) is 82.0 cm³/mol. The van der Waals surface area contributed by atoms with E-state index in [0.29, 0.717) is 17.4 Å². The molecule has 0 aromatic carbocycles. The number of nitrogens with zero attached hydrogens (tertiary/aromatic N) is 1. The Morgan fingerprint density at radius 2 is 2.00 bits per heavy atom. The molecule has 3 unspecified atom stereocenters. The van der Waals surface area contributed by atoms with Crippen LogP contribution in [0.1, 0.15) is 40.0 Å². The summed E-state index contributed by atoms with van der Waals surface area (Å²) in [5, 5.41) is 0. The highest BCUT2D eigenvalue weighted by atomic mass is 32.2. The van der Waals surface area contributed by atoms with Gasteiger partial charge in [0.05, 0.1) is 0 Å². The molecule has 0 aromatic heterocycles. The van der Waals surface area contributed by atoms with Crippen molar-refractivity contribution in [1.29, 1.82) is 0 Å². The first-order valence-electron chi connectivity index (χ1n) is 7.57. The lowest BCUT2D eigenvalue weighted by Crippen LogP contribution is -2.50. The molecule has 2 nitrogen and oxygen atoms in total. The third-order valence-corrected chi connectivity index (χ3v) is 6.56. The van der Waals surface area contributed by atoms with Gasteiger partial charge < -0.3 is 10.6 Å². The Balaban J connectivity index is 1.95. The van der Waals surface area contributed by atoms with Gasteiger partial charge in [-0.05, 0) is 48.8 Å². The van der Waals surface area contributed by atoms with Gasteiger partial charge >= 0.3 is 0 Å². The van der Waals surface area contributed by atoms with Crippen LogP contribution in [0.2, 0.25) is 0 Å². The highest BCUT2D eigenvalue weighted by Gasteiger charge is 2.41. The number of rotatable bonds is 2. The molecule has 0 aromatic rings. The zero-order valence-electron chi connectivity index (χ0n) is 12.3. The molecular weight excluding hydrogens is 240 g/mol. The summed E-state index contributed by atoms with van der Waals surface area (Å²) in [6.45, 7) is 11.1. The van der Waals surface area contributed by atoms with Gasteiger partial charge in [-0.2, -0.15) is 11.8 Å².